The first-order valence-corrected chi connectivity index (χ1v) is 7.38. The van der Waals surface area contributed by atoms with Crippen molar-refractivity contribution < 1.29 is 4.74 Å². The number of hydrogen-bond donors (Lipinski definition) is 1. The summed E-state index contributed by atoms with van der Waals surface area (Å²) in [5.41, 5.74) is 7.33. The minimum absolute atomic E-state index is 0.0332. The lowest BCUT2D eigenvalue weighted by Crippen LogP contribution is -2.43. The van der Waals surface area contributed by atoms with Gasteiger partial charge >= 0.3 is 0 Å². The number of benzene rings is 1. The van der Waals surface area contributed by atoms with Crippen LogP contribution in [0, 0.1) is 0 Å². The summed E-state index contributed by atoms with van der Waals surface area (Å²) in [5.74, 6) is 0.924. The Morgan fingerprint density at radius 2 is 2.21 bits per heavy atom. The minimum Gasteiger partial charge on any atom is -0.487 e. The molecule has 0 amide bonds. The normalized spacial score (nSPS) is 31.6. The van der Waals surface area contributed by atoms with E-state index in [9.17, 15) is 0 Å². The molecule has 3 nitrogen and oxygen atoms in total. The molecule has 0 aliphatic carbocycles. The Balaban J connectivity index is 1.89. The van der Waals surface area contributed by atoms with E-state index in [-0.39, 0.29) is 11.6 Å². The number of halogens is 1. The van der Waals surface area contributed by atoms with Crippen LogP contribution in [0.5, 0.6) is 5.75 Å². The maximum Gasteiger partial charge on any atom is 0.125 e. The predicted molar refractivity (Wildman–Crippen MR) is 77.7 cm³/mol. The third-order valence-electron chi connectivity index (χ3n) is 4.41. The number of likely N-dealkylation sites (tertiary alicyclic amines) is 1. The highest BCUT2D eigenvalue weighted by Gasteiger charge is 2.40. The third kappa shape index (κ3) is 2.60. The highest BCUT2D eigenvalue weighted by Crippen LogP contribution is 2.43. The fraction of sp³-hybridized carbons (Fsp3) is 0.600. The van der Waals surface area contributed by atoms with Crippen molar-refractivity contribution in [2.45, 2.75) is 37.3 Å². The number of fused-ring (bicyclic) bond motifs is 1. The van der Waals surface area contributed by atoms with E-state index in [0.717, 1.165) is 48.7 Å². The zero-order valence-corrected chi connectivity index (χ0v) is 12.1. The van der Waals surface area contributed by atoms with E-state index in [1.165, 1.54) is 6.42 Å². The van der Waals surface area contributed by atoms with Crippen molar-refractivity contribution in [3.05, 3.63) is 28.8 Å². The molecule has 2 aliphatic heterocycles. The molecule has 2 N–H and O–H groups in total. The summed E-state index contributed by atoms with van der Waals surface area (Å²) in [6.45, 7) is 2.23. The first-order chi connectivity index (χ1) is 9.08. The smallest absolute Gasteiger partial charge is 0.125 e. The lowest BCUT2D eigenvalue weighted by Gasteiger charge is -2.41. The van der Waals surface area contributed by atoms with Crippen molar-refractivity contribution >= 4 is 11.6 Å². The summed E-state index contributed by atoms with van der Waals surface area (Å²) in [4.78, 5) is 2.38. The zero-order valence-electron chi connectivity index (χ0n) is 11.4. The van der Waals surface area contributed by atoms with E-state index in [2.05, 4.69) is 11.9 Å². The van der Waals surface area contributed by atoms with Crippen molar-refractivity contribution in [1.82, 2.24) is 4.90 Å². The van der Waals surface area contributed by atoms with Gasteiger partial charge in [0, 0.05) is 29.6 Å². The van der Waals surface area contributed by atoms with E-state index >= 15 is 0 Å². The summed E-state index contributed by atoms with van der Waals surface area (Å²) in [7, 11) is 2.18. The highest BCUT2D eigenvalue weighted by atomic mass is 35.5. The lowest BCUT2D eigenvalue weighted by molar-refractivity contribution is 0.0223. The van der Waals surface area contributed by atoms with Crippen LogP contribution in [-0.4, -0.2) is 30.6 Å². The van der Waals surface area contributed by atoms with E-state index in [1.807, 2.05) is 18.2 Å². The molecular weight excluding hydrogens is 260 g/mol. The van der Waals surface area contributed by atoms with Gasteiger partial charge in [-0.25, -0.2) is 0 Å². The number of hydrogen-bond acceptors (Lipinski definition) is 3. The second-order valence-corrected chi connectivity index (χ2v) is 6.37. The van der Waals surface area contributed by atoms with Gasteiger partial charge in [-0.15, -0.1) is 0 Å². The van der Waals surface area contributed by atoms with Gasteiger partial charge in [-0.3, -0.25) is 0 Å². The molecule has 1 fully saturated rings. The Bertz CT molecular complexity index is 479. The van der Waals surface area contributed by atoms with Gasteiger partial charge in [-0.2, -0.15) is 0 Å². The van der Waals surface area contributed by atoms with Crippen molar-refractivity contribution in [1.29, 1.82) is 0 Å². The predicted octanol–water partition coefficient (Wildman–Crippen LogP) is 2.98. The quantitative estimate of drug-likeness (QED) is 0.794. The molecule has 0 saturated carbocycles. The van der Waals surface area contributed by atoms with Crippen molar-refractivity contribution in [3.8, 4) is 5.75 Å². The first kappa shape index (κ1) is 13.2. The summed E-state index contributed by atoms with van der Waals surface area (Å²) in [5, 5.41) is 0.731. The van der Waals surface area contributed by atoms with E-state index in [4.69, 9.17) is 22.1 Å². The van der Waals surface area contributed by atoms with Gasteiger partial charge < -0.3 is 15.4 Å². The van der Waals surface area contributed by atoms with Crippen molar-refractivity contribution in [3.63, 3.8) is 0 Å². The van der Waals surface area contributed by atoms with Crippen LogP contribution in [0.4, 0.5) is 0 Å². The van der Waals surface area contributed by atoms with Crippen molar-refractivity contribution in [2.75, 3.05) is 20.1 Å². The average molecular weight is 281 g/mol. The summed E-state index contributed by atoms with van der Waals surface area (Å²) in [6.07, 6.45) is 4.21. The number of ether oxygens (including phenoxy) is 1. The Morgan fingerprint density at radius 1 is 1.37 bits per heavy atom. The van der Waals surface area contributed by atoms with Crippen molar-refractivity contribution in [2.24, 2.45) is 5.73 Å². The molecule has 2 atom stereocenters. The molecule has 0 aromatic heterocycles. The second-order valence-electron chi connectivity index (χ2n) is 5.93. The van der Waals surface area contributed by atoms with Crippen LogP contribution < -0.4 is 10.5 Å². The molecule has 1 unspecified atom stereocenters. The Hall–Kier alpha value is -0.770. The molecular formula is C15H21ClN2O. The minimum atomic E-state index is -0.0784. The SMILES string of the molecule is CN1CCCC2(CC1)C[C@H](N)c1cc(Cl)ccc1O2. The van der Waals surface area contributed by atoms with Crippen LogP contribution in [0.15, 0.2) is 18.2 Å². The maximum absolute atomic E-state index is 6.35. The molecule has 4 heteroatoms. The van der Waals surface area contributed by atoms with Gasteiger partial charge in [0.15, 0.2) is 0 Å². The molecule has 19 heavy (non-hydrogen) atoms. The second kappa shape index (κ2) is 4.97. The van der Waals surface area contributed by atoms with E-state index in [1.54, 1.807) is 0 Å². The number of rotatable bonds is 0. The average Bonchev–Trinajstić information content (AvgIpc) is 2.54. The molecule has 3 rings (SSSR count). The zero-order chi connectivity index (χ0) is 13.5. The van der Waals surface area contributed by atoms with Gasteiger partial charge in [0.05, 0.1) is 0 Å². The lowest BCUT2D eigenvalue weighted by atomic mass is 9.82. The highest BCUT2D eigenvalue weighted by molar-refractivity contribution is 6.30. The Labute approximate surface area is 119 Å². The third-order valence-corrected chi connectivity index (χ3v) is 4.65. The van der Waals surface area contributed by atoms with Gasteiger partial charge in [-0.05, 0) is 51.1 Å². The van der Waals surface area contributed by atoms with Crippen LogP contribution in [0.2, 0.25) is 5.02 Å². The fourth-order valence-corrected chi connectivity index (χ4v) is 3.48. The molecule has 1 saturated heterocycles. The van der Waals surface area contributed by atoms with Gasteiger partial charge in [0.2, 0.25) is 0 Å². The van der Waals surface area contributed by atoms with Gasteiger partial charge in [0.25, 0.3) is 0 Å². The first-order valence-electron chi connectivity index (χ1n) is 7.01. The van der Waals surface area contributed by atoms with Crippen LogP contribution >= 0.6 is 11.6 Å². The molecule has 1 aromatic rings. The Kier molecular flexibility index (Phi) is 3.46. The molecule has 2 heterocycles. The van der Waals surface area contributed by atoms with Crippen LogP contribution in [0.25, 0.3) is 0 Å². The maximum atomic E-state index is 6.35. The summed E-state index contributed by atoms with van der Waals surface area (Å²) >= 11 is 6.05. The molecule has 1 aromatic carbocycles. The standard InChI is InChI=1S/C15H21ClN2O/c1-18-7-2-5-15(6-8-18)10-13(17)12-9-11(16)3-4-14(12)19-15/h3-4,9,13H,2,5-8,10,17H2,1H3/t13-,15?/m0/s1. The molecule has 0 radical (unpaired) electrons. The molecule has 104 valence electrons. The summed E-state index contributed by atoms with van der Waals surface area (Å²) in [6, 6.07) is 5.82. The van der Waals surface area contributed by atoms with Crippen LogP contribution in [0.1, 0.15) is 37.3 Å². The topological polar surface area (TPSA) is 38.5 Å². The van der Waals surface area contributed by atoms with Gasteiger partial charge in [0.1, 0.15) is 11.4 Å². The molecule has 2 aliphatic rings. The van der Waals surface area contributed by atoms with Crippen LogP contribution in [-0.2, 0) is 0 Å². The Morgan fingerprint density at radius 3 is 3.05 bits per heavy atom. The summed E-state index contributed by atoms with van der Waals surface area (Å²) < 4.78 is 6.35. The van der Waals surface area contributed by atoms with E-state index < -0.39 is 0 Å². The fourth-order valence-electron chi connectivity index (χ4n) is 3.30. The number of nitrogens with zero attached hydrogens (tertiary/aromatic N) is 1. The van der Waals surface area contributed by atoms with Crippen LogP contribution in [0.3, 0.4) is 0 Å². The molecule has 1 spiro atoms. The number of nitrogens with two attached hydrogens (primary N) is 1. The monoisotopic (exact) mass is 280 g/mol. The van der Waals surface area contributed by atoms with E-state index in [0.29, 0.717) is 0 Å². The van der Waals surface area contributed by atoms with Gasteiger partial charge in [-0.1, -0.05) is 11.6 Å². The molecule has 0 bridgehead atoms. The largest absolute Gasteiger partial charge is 0.487 e.